The number of nitrogens with zero attached hydrogens (tertiary/aromatic N) is 3. The lowest BCUT2D eigenvalue weighted by molar-refractivity contribution is -0.115. The smallest absolute Gasteiger partial charge is 0.225 e. The van der Waals surface area contributed by atoms with E-state index in [2.05, 4.69) is 22.1 Å². The minimum Gasteiger partial charge on any atom is -0.377 e. The van der Waals surface area contributed by atoms with Gasteiger partial charge in [-0.05, 0) is 18.2 Å². The van der Waals surface area contributed by atoms with Gasteiger partial charge in [0.15, 0.2) is 11.0 Å². The highest BCUT2D eigenvalue weighted by molar-refractivity contribution is 7.99. The highest BCUT2D eigenvalue weighted by atomic mass is 35.5. The Morgan fingerprint density at radius 3 is 3.04 bits per heavy atom. The van der Waals surface area contributed by atoms with Crippen molar-refractivity contribution in [3.8, 4) is 0 Å². The van der Waals surface area contributed by atoms with Crippen molar-refractivity contribution in [1.29, 1.82) is 0 Å². The van der Waals surface area contributed by atoms with E-state index >= 15 is 0 Å². The van der Waals surface area contributed by atoms with Gasteiger partial charge in [-0.25, -0.2) is 0 Å². The van der Waals surface area contributed by atoms with E-state index in [1.807, 2.05) is 4.57 Å². The van der Waals surface area contributed by atoms with E-state index in [-0.39, 0.29) is 5.91 Å². The van der Waals surface area contributed by atoms with Crippen molar-refractivity contribution in [3.05, 3.63) is 47.8 Å². The summed E-state index contributed by atoms with van der Waals surface area (Å²) in [4.78, 5) is 12.0. The number of thioether (sulfide) groups is 1. The van der Waals surface area contributed by atoms with Crippen LogP contribution < -0.4 is 5.32 Å². The summed E-state index contributed by atoms with van der Waals surface area (Å²) in [5.41, 5.74) is 0.690. The van der Waals surface area contributed by atoms with Gasteiger partial charge in [0.25, 0.3) is 0 Å². The number of nitrogens with one attached hydrogen (secondary N) is 1. The second-order valence-electron chi connectivity index (χ2n) is 4.89. The number of benzene rings is 1. The number of carbonyl (C=O) groups is 1. The van der Waals surface area contributed by atoms with Crippen molar-refractivity contribution in [3.63, 3.8) is 0 Å². The van der Waals surface area contributed by atoms with Crippen LogP contribution in [0, 0.1) is 0 Å². The molecule has 1 aromatic heterocycles. The van der Waals surface area contributed by atoms with Crippen LogP contribution in [0.25, 0.3) is 0 Å². The van der Waals surface area contributed by atoms with Crippen molar-refractivity contribution in [2.75, 3.05) is 18.2 Å². The maximum absolute atomic E-state index is 12.0. The number of hydrogen-bond donors (Lipinski definition) is 1. The quantitative estimate of drug-likeness (QED) is 0.544. The minimum absolute atomic E-state index is 0.0725. The number of amides is 1. The maximum Gasteiger partial charge on any atom is 0.225 e. The molecule has 2 aromatic rings. The van der Waals surface area contributed by atoms with Crippen LogP contribution in [0.4, 0.5) is 5.69 Å². The lowest BCUT2D eigenvalue weighted by Gasteiger charge is -2.07. The fourth-order valence-electron chi connectivity index (χ4n) is 2.00. The molecule has 0 aliphatic carbocycles. The Hall–Kier alpha value is -1.83. The van der Waals surface area contributed by atoms with Gasteiger partial charge in [0, 0.05) is 36.5 Å². The molecule has 24 heavy (non-hydrogen) atoms. The molecule has 0 aliphatic rings. The van der Waals surface area contributed by atoms with Crippen LogP contribution in [0.15, 0.2) is 42.1 Å². The van der Waals surface area contributed by atoms with Crippen LogP contribution in [0.5, 0.6) is 0 Å². The molecule has 0 aliphatic heterocycles. The maximum atomic E-state index is 12.0. The highest BCUT2D eigenvalue weighted by Crippen LogP contribution is 2.19. The summed E-state index contributed by atoms with van der Waals surface area (Å²) in [6.07, 6.45) is 2.14. The molecule has 0 atom stereocenters. The molecule has 8 heteroatoms. The molecule has 1 aromatic carbocycles. The van der Waals surface area contributed by atoms with Gasteiger partial charge >= 0.3 is 0 Å². The molecular weight excluding hydrogens is 348 g/mol. The summed E-state index contributed by atoms with van der Waals surface area (Å²) in [6, 6.07) is 7.07. The van der Waals surface area contributed by atoms with E-state index in [9.17, 15) is 4.79 Å². The van der Waals surface area contributed by atoms with E-state index in [0.29, 0.717) is 36.0 Å². The Balaban J connectivity index is 1.87. The normalized spacial score (nSPS) is 10.6. The third-order valence-corrected chi connectivity index (χ3v) is 4.25. The topological polar surface area (TPSA) is 69.0 Å². The van der Waals surface area contributed by atoms with E-state index in [1.54, 1.807) is 37.5 Å². The zero-order valence-electron chi connectivity index (χ0n) is 13.4. The standard InChI is InChI=1S/C16H19ClN4O2S/c1-3-8-21-14(11-23-2)19-20-16(21)24-9-7-15(22)18-13-6-4-5-12(17)10-13/h3-6,10H,1,7-9,11H2,2H3,(H,18,22). The molecule has 0 saturated carbocycles. The van der Waals surface area contributed by atoms with Crippen LogP contribution in [0.2, 0.25) is 5.02 Å². The van der Waals surface area contributed by atoms with Gasteiger partial charge in [0.1, 0.15) is 6.61 Å². The fraction of sp³-hybridized carbons (Fsp3) is 0.312. The average Bonchev–Trinajstić information content (AvgIpc) is 2.91. The molecule has 128 valence electrons. The van der Waals surface area contributed by atoms with Crippen LogP contribution in [0.1, 0.15) is 12.2 Å². The lowest BCUT2D eigenvalue weighted by Crippen LogP contribution is -2.12. The zero-order chi connectivity index (χ0) is 17.4. The molecule has 1 heterocycles. The summed E-state index contributed by atoms with van der Waals surface area (Å²) in [5, 5.41) is 12.4. The van der Waals surface area contributed by atoms with Crippen molar-refractivity contribution in [1.82, 2.24) is 14.8 Å². The number of carbonyl (C=O) groups excluding carboxylic acids is 1. The first kappa shape index (κ1) is 18.5. The van der Waals surface area contributed by atoms with E-state index < -0.39 is 0 Å². The second-order valence-corrected chi connectivity index (χ2v) is 6.39. The molecule has 0 unspecified atom stereocenters. The Kier molecular flexibility index (Phi) is 7.30. The molecule has 1 N–H and O–H groups in total. The molecule has 6 nitrogen and oxygen atoms in total. The minimum atomic E-state index is -0.0725. The number of anilines is 1. The zero-order valence-corrected chi connectivity index (χ0v) is 14.9. The van der Waals surface area contributed by atoms with Crippen LogP contribution in [-0.4, -0.2) is 33.5 Å². The van der Waals surface area contributed by atoms with Gasteiger partial charge in [0.05, 0.1) is 0 Å². The molecule has 2 rings (SSSR count). The molecule has 0 bridgehead atoms. The van der Waals surface area contributed by atoms with E-state index in [0.717, 1.165) is 11.0 Å². The fourth-order valence-corrected chi connectivity index (χ4v) is 3.09. The summed E-state index contributed by atoms with van der Waals surface area (Å²) in [5.74, 6) is 1.26. The van der Waals surface area contributed by atoms with Gasteiger partial charge in [-0.15, -0.1) is 16.8 Å². The van der Waals surface area contributed by atoms with Crippen molar-refractivity contribution in [2.24, 2.45) is 0 Å². The summed E-state index contributed by atoms with van der Waals surface area (Å²) in [6.45, 7) is 4.72. The average molecular weight is 367 g/mol. The van der Waals surface area contributed by atoms with E-state index in [4.69, 9.17) is 16.3 Å². The van der Waals surface area contributed by atoms with Gasteiger partial charge in [0.2, 0.25) is 5.91 Å². The highest BCUT2D eigenvalue weighted by Gasteiger charge is 2.12. The Morgan fingerprint density at radius 2 is 2.33 bits per heavy atom. The number of rotatable bonds is 9. The lowest BCUT2D eigenvalue weighted by atomic mass is 10.3. The molecule has 0 radical (unpaired) electrons. The first-order valence-electron chi connectivity index (χ1n) is 7.34. The SMILES string of the molecule is C=CCn1c(COC)nnc1SCCC(=O)Nc1cccc(Cl)c1. The van der Waals surface area contributed by atoms with E-state index in [1.165, 1.54) is 11.8 Å². The predicted molar refractivity (Wildman–Crippen MR) is 96.4 cm³/mol. The van der Waals surface area contributed by atoms with Gasteiger partial charge in [-0.2, -0.15) is 0 Å². The van der Waals surface area contributed by atoms with Gasteiger partial charge < -0.3 is 14.6 Å². The molecule has 0 spiro atoms. The number of halogens is 1. The van der Waals surface area contributed by atoms with Gasteiger partial charge in [-0.3, -0.25) is 4.79 Å². The number of methoxy groups -OCH3 is 1. The first-order valence-corrected chi connectivity index (χ1v) is 8.70. The molecule has 0 saturated heterocycles. The summed E-state index contributed by atoms with van der Waals surface area (Å²) in [7, 11) is 1.61. The number of hydrogen-bond acceptors (Lipinski definition) is 5. The molecule has 1 amide bonds. The molecule has 0 fully saturated rings. The van der Waals surface area contributed by atoms with Crippen LogP contribution >= 0.6 is 23.4 Å². The van der Waals surface area contributed by atoms with Crippen LogP contribution in [-0.2, 0) is 22.7 Å². The van der Waals surface area contributed by atoms with Crippen molar-refractivity contribution in [2.45, 2.75) is 24.7 Å². The third-order valence-electron chi connectivity index (χ3n) is 3.05. The number of allylic oxidation sites excluding steroid dienone is 1. The first-order chi connectivity index (χ1) is 11.6. The van der Waals surface area contributed by atoms with Crippen LogP contribution in [0.3, 0.4) is 0 Å². The second kappa shape index (κ2) is 9.46. The van der Waals surface area contributed by atoms with Crippen molar-refractivity contribution < 1.29 is 9.53 Å². The third kappa shape index (κ3) is 5.36. The Morgan fingerprint density at radius 1 is 1.50 bits per heavy atom. The molecular formula is C16H19ClN4O2S. The van der Waals surface area contributed by atoms with Crippen molar-refractivity contribution >= 4 is 35.0 Å². The monoisotopic (exact) mass is 366 g/mol. The summed E-state index contributed by atoms with van der Waals surface area (Å²) >= 11 is 7.37. The predicted octanol–water partition coefficient (Wildman–Crippen LogP) is 3.38. The Bertz CT molecular complexity index is 705. The number of aromatic nitrogens is 3. The van der Waals surface area contributed by atoms with Gasteiger partial charge in [-0.1, -0.05) is 35.5 Å². The Labute approximate surface area is 150 Å². The summed E-state index contributed by atoms with van der Waals surface area (Å²) < 4.78 is 7.03. The number of ether oxygens (including phenoxy) is 1. The largest absolute Gasteiger partial charge is 0.377 e.